The Balaban J connectivity index is 2.05. The van der Waals surface area contributed by atoms with Crippen LogP contribution in [-0.2, 0) is 9.59 Å². The van der Waals surface area contributed by atoms with Gasteiger partial charge in [0.05, 0.1) is 6.42 Å². The summed E-state index contributed by atoms with van der Waals surface area (Å²) >= 11 is 6.43. The van der Waals surface area contributed by atoms with E-state index in [1.54, 1.807) is 4.90 Å². The highest BCUT2D eigenvalue weighted by molar-refractivity contribution is 8.24. The molecule has 17 heavy (non-hydrogen) atoms. The van der Waals surface area contributed by atoms with E-state index in [0.717, 1.165) is 25.7 Å². The van der Waals surface area contributed by atoms with Crippen molar-refractivity contribution in [2.75, 3.05) is 0 Å². The quantitative estimate of drug-likeness (QED) is 0.797. The number of carbonyl (C=O) groups excluding carboxylic acids is 1. The number of carboxylic acids is 1. The number of amides is 1. The summed E-state index contributed by atoms with van der Waals surface area (Å²) in [5.41, 5.74) is 0. The molecule has 4 nitrogen and oxygen atoms in total. The summed E-state index contributed by atoms with van der Waals surface area (Å²) in [6.45, 7) is 0. The number of hydrogen-bond acceptors (Lipinski definition) is 4. The van der Waals surface area contributed by atoms with Crippen LogP contribution in [0.3, 0.4) is 0 Å². The molecular weight excluding hydrogens is 258 g/mol. The molecule has 1 aliphatic carbocycles. The van der Waals surface area contributed by atoms with Crippen LogP contribution in [0.15, 0.2) is 0 Å². The first-order chi connectivity index (χ1) is 8.09. The Morgan fingerprint density at radius 1 is 1.41 bits per heavy atom. The first-order valence-corrected chi connectivity index (χ1v) is 7.14. The third kappa shape index (κ3) is 2.80. The van der Waals surface area contributed by atoms with Crippen LogP contribution >= 0.6 is 24.0 Å². The number of rotatable bonds is 3. The van der Waals surface area contributed by atoms with E-state index in [-0.39, 0.29) is 18.4 Å². The van der Waals surface area contributed by atoms with Crippen molar-refractivity contribution >= 4 is 40.2 Å². The van der Waals surface area contributed by atoms with E-state index in [4.69, 9.17) is 17.3 Å². The summed E-state index contributed by atoms with van der Waals surface area (Å²) in [6.07, 6.45) is 5.33. The first kappa shape index (κ1) is 12.8. The maximum absolute atomic E-state index is 12.1. The Kier molecular flexibility index (Phi) is 4.04. The monoisotopic (exact) mass is 273 g/mol. The molecule has 1 atom stereocenters. The molecule has 1 N–H and O–H groups in total. The SMILES string of the molecule is O=C(O)CC1SC(=S)N(C2CCCCC2)C1=O. The second-order valence-electron chi connectivity index (χ2n) is 4.47. The van der Waals surface area contributed by atoms with Gasteiger partial charge < -0.3 is 5.11 Å². The maximum atomic E-state index is 12.1. The zero-order chi connectivity index (χ0) is 12.4. The molecule has 1 unspecified atom stereocenters. The van der Waals surface area contributed by atoms with Crippen molar-refractivity contribution in [3.63, 3.8) is 0 Å². The molecule has 1 amide bonds. The van der Waals surface area contributed by atoms with Gasteiger partial charge >= 0.3 is 5.97 Å². The fourth-order valence-corrected chi connectivity index (χ4v) is 4.05. The zero-order valence-corrected chi connectivity index (χ0v) is 11.1. The van der Waals surface area contributed by atoms with Gasteiger partial charge in [-0.1, -0.05) is 43.2 Å². The van der Waals surface area contributed by atoms with E-state index in [0.29, 0.717) is 4.32 Å². The molecule has 0 aromatic carbocycles. The lowest BCUT2D eigenvalue weighted by atomic mass is 9.94. The third-order valence-corrected chi connectivity index (χ3v) is 4.79. The molecular formula is C11H15NO3S2. The summed E-state index contributed by atoms with van der Waals surface area (Å²) in [7, 11) is 0. The molecule has 6 heteroatoms. The lowest BCUT2D eigenvalue weighted by molar-refractivity contribution is -0.139. The van der Waals surface area contributed by atoms with E-state index in [1.165, 1.54) is 18.2 Å². The third-order valence-electron chi connectivity index (χ3n) is 3.25. The van der Waals surface area contributed by atoms with Gasteiger partial charge in [-0.25, -0.2) is 0 Å². The minimum Gasteiger partial charge on any atom is -0.481 e. The molecule has 0 spiro atoms. The van der Waals surface area contributed by atoms with Crippen molar-refractivity contribution in [1.82, 2.24) is 4.90 Å². The van der Waals surface area contributed by atoms with Gasteiger partial charge in [-0.3, -0.25) is 14.5 Å². The summed E-state index contributed by atoms with van der Waals surface area (Å²) in [5.74, 6) is -1.04. The Labute approximate surface area is 110 Å². The highest BCUT2D eigenvalue weighted by Crippen LogP contribution is 2.35. The van der Waals surface area contributed by atoms with Crippen LogP contribution in [0.1, 0.15) is 38.5 Å². The molecule has 0 aromatic heterocycles. The predicted octanol–water partition coefficient (Wildman–Crippen LogP) is 2.02. The summed E-state index contributed by atoms with van der Waals surface area (Å²) < 4.78 is 0.563. The number of hydrogen-bond donors (Lipinski definition) is 1. The van der Waals surface area contributed by atoms with Gasteiger partial charge in [0.2, 0.25) is 5.91 Å². The van der Waals surface area contributed by atoms with Gasteiger partial charge in [0.1, 0.15) is 9.57 Å². The highest BCUT2D eigenvalue weighted by Gasteiger charge is 2.41. The minimum absolute atomic E-state index is 0.102. The molecule has 1 saturated carbocycles. The molecule has 1 aliphatic heterocycles. The van der Waals surface area contributed by atoms with Gasteiger partial charge in [-0.15, -0.1) is 0 Å². The number of nitrogens with zero attached hydrogens (tertiary/aromatic N) is 1. The second-order valence-corrected chi connectivity index (χ2v) is 6.31. The van der Waals surface area contributed by atoms with Crippen molar-refractivity contribution in [3.05, 3.63) is 0 Å². The van der Waals surface area contributed by atoms with Crippen molar-refractivity contribution in [2.45, 2.75) is 49.8 Å². The number of carbonyl (C=O) groups is 2. The standard InChI is InChI=1S/C11H15NO3S2/c13-9(14)6-8-10(15)12(11(16)17-8)7-4-2-1-3-5-7/h7-8H,1-6H2,(H,13,14). The van der Waals surface area contributed by atoms with E-state index in [1.807, 2.05) is 0 Å². The van der Waals surface area contributed by atoms with Crippen LogP contribution in [0.4, 0.5) is 0 Å². The predicted molar refractivity (Wildman–Crippen MR) is 69.9 cm³/mol. The molecule has 0 radical (unpaired) electrons. The van der Waals surface area contributed by atoms with Crippen LogP contribution in [0.5, 0.6) is 0 Å². The van der Waals surface area contributed by atoms with E-state index < -0.39 is 11.2 Å². The van der Waals surface area contributed by atoms with E-state index in [9.17, 15) is 9.59 Å². The van der Waals surface area contributed by atoms with Crippen LogP contribution < -0.4 is 0 Å². The topological polar surface area (TPSA) is 57.6 Å². The maximum Gasteiger partial charge on any atom is 0.305 e. The molecule has 1 heterocycles. The molecule has 2 rings (SSSR count). The average molecular weight is 273 g/mol. The van der Waals surface area contributed by atoms with Gasteiger partial charge in [-0.2, -0.15) is 0 Å². The Bertz CT molecular complexity index is 353. The normalized spacial score (nSPS) is 26.6. The Morgan fingerprint density at radius 2 is 2.06 bits per heavy atom. The van der Waals surface area contributed by atoms with Gasteiger partial charge in [0.15, 0.2) is 0 Å². The van der Waals surface area contributed by atoms with E-state index >= 15 is 0 Å². The smallest absolute Gasteiger partial charge is 0.305 e. The Morgan fingerprint density at radius 3 is 2.65 bits per heavy atom. The van der Waals surface area contributed by atoms with Crippen molar-refractivity contribution < 1.29 is 14.7 Å². The van der Waals surface area contributed by atoms with Crippen LogP contribution in [0.2, 0.25) is 0 Å². The minimum atomic E-state index is -0.941. The number of thioether (sulfide) groups is 1. The molecule has 0 bridgehead atoms. The average Bonchev–Trinajstić information content (AvgIpc) is 2.54. The molecule has 94 valence electrons. The summed E-state index contributed by atoms with van der Waals surface area (Å²) in [5, 5.41) is 8.24. The Hall–Kier alpha value is -0.620. The fraction of sp³-hybridized carbons (Fsp3) is 0.727. The van der Waals surface area contributed by atoms with Crippen molar-refractivity contribution in [3.8, 4) is 0 Å². The van der Waals surface area contributed by atoms with Crippen LogP contribution in [0, 0.1) is 0 Å². The van der Waals surface area contributed by atoms with E-state index in [2.05, 4.69) is 0 Å². The summed E-state index contributed by atoms with van der Waals surface area (Å²) in [4.78, 5) is 24.4. The molecule has 2 fully saturated rings. The summed E-state index contributed by atoms with van der Waals surface area (Å²) in [6, 6.07) is 0.204. The molecule has 0 aromatic rings. The largest absolute Gasteiger partial charge is 0.481 e. The lowest BCUT2D eigenvalue weighted by Gasteiger charge is -2.30. The second kappa shape index (κ2) is 5.35. The number of thiocarbonyl (C=S) groups is 1. The van der Waals surface area contributed by atoms with Gasteiger partial charge in [-0.05, 0) is 12.8 Å². The van der Waals surface area contributed by atoms with Crippen molar-refractivity contribution in [2.24, 2.45) is 0 Å². The fourth-order valence-electron chi connectivity index (χ4n) is 2.43. The van der Waals surface area contributed by atoms with Crippen LogP contribution in [-0.4, -0.2) is 37.5 Å². The van der Waals surface area contributed by atoms with Crippen molar-refractivity contribution in [1.29, 1.82) is 0 Å². The molecule has 2 aliphatic rings. The van der Waals surface area contributed by atoms with Crippen LogP contribution in [0.25, 0.3) is 0 Å². The zero-order valence-electron chi connectivity index (χ0n) is 9.42. The van der Waals surface area contributed by atoms with Gasteiger partial charge in [0, 0.05) is 6.04 Å². The first-order valence-electron chi connectivity index (χ1n) is 5.85. The number of aliphatic carboxylic acids is 1. The lowest BCUT2D eigenvalue weighted by Crippen LogP contribution is -2.41. The van der Waals surface area contributed by atoms with Gasteiger partial charge in [0.25, 0.3) is 0 Å². The molecule has 1 saturated heterocycles. The highest BCUT2D eigenvalue weighted by atomic mass is 32.2. The number of carboxylic acid groups (broad SMARTS) is 1.